The van der Waals surface area contributed by atoms with Crippen LogP contribution in [0.4, 0.5) is 0 Å². The van der Waals surface area contributed by atoms with E-state index < -0.39 is 0 Å². The molecule has 0 saturated heterocycles. The first kappa shape index (κ1) is 11.0. The lowest BCUT2D eigenvalue weighted by atomic mass is 10.2. The summed E-state index contributed by atoms with van der Waals surface area (Å²) in [5.74, 6) is -0.149. The van der Waals surface area contributed by atoms with Crippen molar-refractivity contribution in [1.29, 1.82) is 0 Å². The fourth-order valence-corrected chi connectivity index (χ4v) is 1.27. The van der Waals surface area contributed by atoms with E-state index in [0.717, 1.165) is 6.42 Å². The van der Waals surface area contributed by atoms with E-state index in [1.807, 2.05) is 0 Å². The van der Waals surface area contributed by atoms with Crippen molar-refractivity contribution in [3.05, 3.63) is 34.9 Å². The molecule has 0 unspecified atom stereocenters. The van der Waals surface area contributed by atoms with Crippen LogP contribution in [0.5, 0.6) is 0 Å². The smallest absolute Gasteiger partial charge is 0.252 e. The number of carbonyl (C=O) groups is 1. The molecule has 0 aliphatic carbocycles. The maximum absolute atomic E-state index is 11.5. The maximum atomic E-state index is 11.5. The maximum Gasteiger partial charge on any atom is 0.252 e. The minimum atomic E-state index is -0.149. The number of nitrogens with one attached hydrogen (secondary N) is 1. The van der Waals surface area contributed by atoms with Gasteiger partial charge < -0.3 is 11.1 Å². The van der Waals surface area contributed by atoms with Gasteiger partial charge in [0.15, 0.2) is 0 Å². The van der Waals surface area contributed by atoms with Crippen LogP contribution in [0.2, 0.25) is 5.02 Å². The van der Waals surface area contributed by atoms with Gasteiger partial charge in [0.05, 0.1) is 10.6 Å². The van der Waals surface area contributed by atoms with Crippen LogP contribution in [-0.4, -0.2) is 19.0 Å². The Labute approximate surface area is 88.2 Å². The van der Waals surface area contributed by atoms with Crippen LogP contribution in [0.1, 0.15) is 16.8 Å². The van der Waals surface area contributed by atoms with Gasteiger partial charge in [-0.05, 0) is 25.1 Å². The van der Waals surface area contributed by atoms with E-state index >= 15 is 0 Å². The molecule has 0 radical (unpaired) electrons. The lowest BCUT2D eigenvalue weighted by Gasteiger charge is -2.05. The van der Waals surface area contributed by atoms with Crippen molar-refractivity contribution >= 4 is 17.5 Å². The summed E-state index contributed by atoms with van der Waals surface area (Å²) in [5.41, 5.74) is 5.81. The fraction of sp³-hybridized carbons (Fsp3) is 0.300. The predicted molar refractivity (Wildman–Crippen MR) is 57.5 cm³/mol. The third kappa shape index (κ3) is 3.01. The topological polar surface area (TPSA) is 55.1 Å². The Morgan fingerprint density at radius 3 is 2.79 bits per heavy atom. The molecule has 1 aromatic carbocycles. The van der Waals surface area contributed by atoms with Crippen LogP contribution in [0.3, 0.4) is 0 Å². The van der Waals surface area contributed by atoms with Crippen molar-refractivity contribution in [2.45, 2.75) is 6.42 Å². The number of hydrogen-bond donors (Lipinski definition) is 2. The molecular weight excluding hydrogens is 200 g/mol. The van der Waals surface area contributed by atoms with Gasteiger partial charge in [0.25, 0.3) is 5.91 Å². The lowest BCUT2D eigenvalue weighted by Crippen LogP contribution is -2.26. The van der Waals surface area contributed by atoms with Gasteiger partial charge in [-0.25, -0.2) is 0 Å². The monoisotopic (exact) mass is 212 g/mol. The highest BCUT2D eigenvalue weighted by Gasteiger charge is 2.07. The van der Waals surface area contributed by atoms with Crippen LogP contribution in [0.15, 0.2) is 24.3 Å². The van der Waals surface area contributed by atoms with Gasteiger partial charge >= 0.3 is 0 Å². The zero-order chi connectivity index (χ0) is 10.4. The number of carbonyl (C=O) groups excluding carboxylic acids is 1. The van der Waals surface area contributed by atoms with E-state index in [9.17, 15) is 4.79 Å². The second-order valence-corrected chi connectivity index (χ2v) is 3.29. The van der Waals surface area contributed by atoms with Gasteiger partial charge in [0.2, 0.25) is 0 Å². The molecule has 76 valence electrons. The number of halogens is 1. The Morgan fingerprint density at radius 1 is 1.43 bits per heavy atom. The largest absolute Gasteiger partial charge is 0.352 e. The molecular formula is C10H13ClN2O. The van der Waals surface area contributed by atoms with Gasteiger partial charge in [0.1, 0.15) is 0 Å². The second-order valence-electron chi connectivity index (χ2n) is 2.88. The number of rotatable bonds is 4. The second kappa shape index (κ2) is 5.62. The van der Waals surface area contributed by atoms with Gasteiger partial charge in [-0.15, -0.1) is 0 Å². The average molecular weight is 213 g/mol. The Bertz CT molecular complexity index is 315. The van der Waals surface area contributed by atoms with Crippen molar-refractivity contribution in [1.82, 2.24) is 5.32 Å². The number of hydrogen-bond acceptors (Lipinski definition) is 2. The van der Waals surface area contributed by atoms with Crippen molar-refractivity contribution in [2.75, 3.05) is 13.1 Å². The molecule has 1 amide bonds. The Kier molecular flexibility index (Phi) is 4.43. The first-order chi connectivity index (χ1) is 6.75. The summed E-state index contributed by atoms with van der Waals surface area (Å²) in [7, 11) is 0. The van der Waals surface area contributed by atoms with Crippen LogP contribution < -0.4 is 11.1 Å². The molecule has 1 rings (SSSR count). The number of amides is 1. The highest BCUT2D eigenvalue weighted by molar-refractivity contribution is 6.33. The van der Waals surface area contributed by atoms with E-state index in [0.29, 0.717) is 23.7 Å². The van der Waals surface area contributed by atoms with Crippen molar-refractivity contribution in [3.63, 3.8) is 0 Å². The minimum Gasteiger partial charge on any atom is -0.352 e. The highest BCUT2D eigenvalue weighted by Crippen LogP contribution is 2.14. The SMILES string of the molecule is NCCCNC(=O)c1ccccc1Cl. The lowest BCUT2D eigenvalue weighted by molar-refractivity contribution is 0.0953. The third-order valence-corrected chi connectivity index (χ3v) is 2.11. The summed E-state index contributed by atoms with van der Waals surface area (Å²) in [6, 6.07) is 6.96. The number of nitrogens with two attached hydrogens (primary N) is 1. The Hall–Kier alpha value is -1.06. The molecule has 0 bridgehead atoms. The first-order valence-electron chi connectivity index (χ1n) is 4.48. The third-order valence-electron chi connectivity index (χ3n) is 1.78. The molecule has 4 heteroatoms. The predicted octanol–water partition coefficient (Wildman–Crippen LogP) is 1.42. The van der Waals surface area contributed by atoms with Crippen molar-refractivity contribution in [3.8, 4) is 0 Å². The minimum absolute atomic E-state index is 0.149. The average Bonchev–Trinajstić information content (AvgIpc) is 2.18. The molecule has 1 aromatic rings. The quantitative estimate of drug-likeness (QED) is 0.742. The van der Waals surface area contributed by atoms with E-state index in [1.54, 1.807) is 24.3 Å². The molecule has 3 nitrogen and oxygen atoms in total. The standard InChI is InChI=1S/C10H13ClN2O/c11-9-5-2-1-4-8(9)10(14)13-7-3-6-12/h1-2,4-5H,3,6-7,12H2,(H,13,14). The molecule has 0 atom stereocenters. The summed E-state index contributed by atoms with van der Waals surface area (Å²) in [6.45, 7) is 1.16. The molecule has 0 spiro atoms. The van der Waals surface area contributed by atoms with Gasteiger partial charge in [-0.1, -0.05) is 23.7 Å². The van der Waals surface area contributed by atoms with E-state index in [1.165, 1.54) is 0 Å². The van der Waals surface area contributed by atoms with Crippen LogP contribution >= 0.6 is 11.6 Å². The first-order valence-corrected chi connectivity index (χ1v) is 4.86. The van der Waals surface area contributed by atoms with Gasteiger partial charge in [-0.3, -0.25) is 4.79 Å². The molecule has 0 fully saturated rings. The molecule has 0 aliphatic heterocycles. The summed E-state index contributed by atoms with van der Waals surface area (Å²) in [6.07, 6.45) is 0.774. The van der Waals surface area contributed by atoms with Crippen molar-refractivity contribution < 1.29 is 4.79 Å². The zero-order valence-electron chi connectivity index (χ0n) is 7.79. The molecule has 0 saturated carbocycles. The van der Waals surface area contributed by atoms with E-state index in [4.69, 9.17) is 17.3 Å². The number of benzene rings is 1. The molecule has 0 heterocycles. The summed E-state index contributed by atoms with van der Waals surface area (Å²) in [5, 5.41) is 3.21. The highest BCUT2D eigenvalue weighted by atomic mass is 35.5. The van der Waals surface area contributed by atoms with Crippen LogP contribution in [0, 0.1) is 0 Å². The summed E-state index contributed by atoms with van der Waals surface area (Å²) in [4.78, 5) is 11.5. The normalized spacial score (nSPS) is 9.86. The molecule has 0 aromatic heterocycles. The van der Waals surface area contributed by atoms with E-state index in [2.05, 4.69) is 5.32 Å². The van der Waals surface area contributed by atoms with E-state index in [-0.39, 0.29) is 5.91 Å². The molecule has 0 aliphatic rings. The van der Waals surface area contributed by atoms with Gasteiger partial charge in [-0.2, -0.15) is 0 Å². The molecule has 14 heavy (non-hydrogen) atoms. The fourth-order valence-electron chi connectivity index (χ4n) is 1.04. The summed E-state index contributed by atoms with van der Waals surface area (Å²) >= 11 is 5.85. The Balaban J connectivity index is 2.56. The van der Waals surface area contributed by atoms with Gasteiger partial charge in [0, 0.05) is 6.54 Å². The van der Waals surface area contributed by atoms with Crippen molar-refractivity contribution in [2.24, 2.45) is 5.73 Å². The summed E-state index contributed by atoms with van der Waals surface area (Å²) < 4.78 is 0. The Morgan fingerprint density at radius 2 is 2.14 bits per heavy atom. The molecule has 3 N–H and O–H groups in total. The van der Waals surface area contributed by atoms with Crippen LogP contribution in [0.25, 0.3) is 0 Å². The zero-order valence-corrected chi connectivity index (χ0v) is 8.55. The van der Waals surface area contributed by atoms with Crippen LogP contribution in [-0.2, 0) is 0 Å².